The van der Waals surface area contributed by atoms with Crippen LogP contribution in [0.5, 0.6) is 5.75 Å². The number of alkyl halides is 2. The monoisotopic (exact) mass is 330 g/mol. The maximum Gasteiger partial charge on any atom is 0.387 e. The van der Waals surface area contributed by atoms with Gasteiger partial charge in [-0.1, -0.05) is 0 Å². The molecule has 1 heterocycles. The Labute approximate surface area is 134 Å². The zero-order valence-electron chi connectivity index (χ0n) is 12.6. The number of rotatable bonds is 5. The third-order valence-corrected chi connectivity index (χ3v) is 4.09. The molecule has 0 bridgehead atoms. The lowest BCUT2D eigenvalue weighted by molar-refractivity contribution is -0.903. The molecule has 1 aromatic carbocycles. The van der Waals surface area contributed by atoms with Crippen LogP contribution >= 0.6 is 12.2 Å². The zero-order valence-corrected chi connectivity index (χ0v) is 13.4. The van der Waals surface area contributed by atoms with Gasteiger partial charge >= 0.3 is 6.61 Å². The molecule has 7 heteroatoms. The molecule has 0 amide bonds. The summed E-state index contributed by atoms with van der Waals surface area (Å²) in [5.41, 5.74) is 0.746. The Kier molecular flexibility index (Phi) is 6.33. The Morgan fingerprint density at radius 3 is 2.50 bits per heavy atom. The predicted molar refractivity (Wildman–Crippen MR) is 86.7 cm³/mol. The van der Waals surface area contributed by atoms with E-state index in [1.807, 2.05) is 0 Å². The number of nitrogens with one attached hydrogen (secondary N) is 3. The van der Waals surface area contributed by atoms with Crippen molar-refractivity contribution in [3.05, 3.63) is 24.3 Å². The van der Waals surface area contributed by atoms with Crippen molar-refractivity contribution in [1.82, 2.24) is 5.32 Å². The summed E-state index contributed by atoms with van der Waals surface area (Å²) in [6.07, 6.45) is 2.21. The van der Waals surface area contributed by atoms with E-state index in [9.17, 15) is 8.78 Å². The molecule has 122 valence electrons. The van der Waals surface area contributed by atoms with Gasteiger partial charge in [-0.2, -0.15) is 8.78 Å². The Morgan fingerprint density at radius 1 is 1.32 bits per heavy atom. The van der Waals surface area contributed by atoms with Crippen molar-refractivity contribution >= 4 is 23.0 Å². The third kappa shape index (κ3) is 5.38. The minimum Gasteiger partial charge on any atom is -0.435 e. The van der Waals surface area contributed by atoms with E-state index in [1.165, 1.54) is 18.7 Å². The molecule has 22 heavy (non-hydrogen) atoms. The van der Waals surface area contributed by atoms with Crippen molar-refractivity contribution in [2.45, 2.75) is 32.4 Å². The number of likely N-dealkylation sites (tertiary alicyclic amines) is 1. The standard InChI is InChI=1S/C15H21F2N3OS/c1-2-20-9-7-12(8-10-20)19-15(22)18-11-3-5-13(6-4-11)21-14(16)17/h3-6,12,14H,2,7-10H2,1H3,(H2,18,19,22)/p+1. The van der Waals surface area contributed by atoms with Crippen molar-refractivity contribution in [1.29, 1.82) is 0 Å². The smallest absolute Gasteiger partial charge is 0.387 e. The van der Waals surface area contributed by atoms with E-state index in [0.717, 1.165) is 31.6 Å². The number of hydrogen-bond donors (Lipinski definition) is 3. The number of benzene rings is 1. The van der Waals surface area contributed by atoms with Gasteiger partial charge in [0.15, 0.2) is 5.11 Å². The first-order chi connectivity index (χ1) is 10.6. The van der Waals surface area contributed by atoms with Crippen LogP contribution < -0.4 is 20.3 Å². The SMILES string of the molecule is CC[NH+]1CCC(NC(=S)Nc2ccc(OC(F)F)cc2)CC1. The number of hydrogen-bond acceptors (Lipinski definition) is 2. The molecule has 4 nitrogen and oxygen atoms in total. The van der Waals surface area contributed by atoms with Crippen molar-refractivity contribution < 1.29 is 18.4 Å². The molecular weight excluding hydrogens is 308 g/mol. The zero-order chi connectivity index (χ0) is 15.9. The van der Waals surface area contributed by atoms with Crippen LogP contribution in [0.3, 0.4) is 0 Å². The number of quaternary nitrogens is 1. The van der Waals surface area contributed by atoms with Crippen molar-refractivity contribution in [2.75, 3.05) is 25.0 Å². The Hall–Kier alpha value is -1.47. The van der Waals surface area contributed by atoms with Crippen LogP contribution in [0, 0.1) is 0 Å². The lowest BCUT2D eigenvalue weighted by Gasteiger charge is -2.29. The van der Waals surface area contributed by atoms with E-state index in [4.69, 9.17) is 12.2 Å². The summed E-state index contributed by atoms with van der Waals surface area (Å²) in [6.45, 7) is 2.89. The molecule has 1 aliphatic rings. The summed E-state index contributed by atoms with van der Waals surface area (Å²) in [5, 5.41) is 6.94. The van der Waals surface area contributed by atoms with Gasteiger partial charge in [-0.05, 0) is 43.4 Å². The van der Waals surface area contributed by atoms with Crippen LogP contribution in [0.1, 0.15) is 19.8 Å². The topological polar surface area (TPSA) is 37.7 Å². The highest BCUT2D eigenvalue weighted by atomic mass is 32.1. The molecule has 1 aromatic rings. The summed E-state index contributed by atoms with van der Waals surface area (Å²) in [5.74, 6) is 0.134. The molecule has 0 aromatic heterocycles. The second kappa shape index (κ2) is 8.24. The summed E-state index contributed by atoms with van der Waals surface area (Å²) in [7, 11) is 0. The van der Waals surface area contributed by atoms with Crippen molar-refractivity contribution in [3.63, 3.8) is 0 Å². The summed E-state index contributed by atoms with van der Waals surface area (Å²) in [6, 6.07) is 6.70. The van der Waals surface area contributed by atoms with Crippen LogP contribution in [0.25, 0.3) is 0 Å². The van der Waals surface area contributed by atoms with Gasteiger partial charge in [-0.25, -0.2) is 0 Å². The molecule has 1 saturated heterocycles. The first kappa shape index (κ1) is 16.9. The molecule has 0 spiro atoms. The van der Waals surface area contributed by atoms with Gasteiger partial charge in [0.1, 0.15) is 5.75 Å². The van der Waals surface area contributed by atoms with Gasteiger partial charge < -0.3 is 20.3 Å². The number of ether oxygens (including phenoxy) is 1. The molecule has 1 fully saturated rings. The molecule has 0 atom stereocenters. The Morgan fingerprint density at radius 2 is 1.95 bits per heavy atom. The quantitative estimate of drug-likeness (QED) is 0.718. The molecule has 3 N–H and O–H groups in total. The fraction of sp³-hybridized carbons (Fsp3) is 0.533. The molecule has 0 aliphatic carbocycles. The van der Waals surface area contributed by atoms with E-state index in [1.54, 1.807) is 17.0 Å². The Bertz CT molecular complexity index is 476. The van der Waals surface area contributed by atoms with E-state index in [2.05, 4.69) is 22.3 Å². The van der Waals surface area contributed by atoms with E-state index < -0.39 is 6.61 Å². The second-order valence-corrected chi connectivity index (χ2v) is 5.79. The van der Waals surface area contributed by atoms with Gasteiger partial charge in [-0.15, -0.1) is 0 Å². The predicted octanol–water partition coefficient (Wildman–Crippen LogP) is 1.64. The number of thiocarbonyl (C=S) groups is 1. The van der Waals surface area contributed by atoms with Crippen LogP contribution in [-0.2, 0) is 0 Å². The first-order valence-electron chi connectivity index (χ1n) is 7.52. The lowest BCUT2D eigenvalue weighted by atomic mass is 10.1. The van der Waals surface area contributed by atoms with Crippen molar-refractivity contribution in [2.24, 2.45) is 0 Å². The third-order valence-electron chi connectivity index (χ3n) is 3.87. The minimum atomic E-state index is -2.81. The summed E-state index contributed by atoms with van der Waals surface area (Å²) >= 11 is 5.30. The normalized spacial score (nSPS) is 21.5. The van der Waals surface area contributed by atoms with Gasteiger partial charge in [0, 0.05) is 24.6 Å². The summed E-state index contributed by atoms with van der Waals surface area (Å²) < 4.78 is 28.5. The largest absolute Gasteiger partial charge is 0.435 e. The highest BCUT2D eigenvalue weighted by Gasteiger charge is 2.21. The minimum absolute atomic E-state index is 0.134. The number of halogens is 2. The van der Waals surface area contributed by atoms with Crippen molar-refractivity contribution in [3.8, 4) is 5.75 Å². The maximum absolute atomic E-state index is 12.1. The van der Waals surface area contributed by atoms with E-state index >= 15 is 0 Å². The molecule has 0 radical (unpaired) electrons. The van der Waals surface area contributed by atoms with E-state index in [-0.39, 0.29) is 5.75 Å². The molecule has 0 saturated carbocycles. The lowest BCUT2D eigenvalue weighted by Crippen LogP contribution is -3.13. The van der Waals surface area contributed by atoms with Gasteiger partial charge in [0.05, 0.1) is 19.6 Å². The molecule has 0 unspecified atom stereocenters. The Balaban J connectivity index is 1.77. The highest BCUT2D eigenvalue weighted by Crippen LogP contribution is 2.17. The van der Waals surface area contributed by atoms with E-state index in [0.29, 0.717) is 11.2 Å². The van der Waals surface area contributed by atoms with Crippen LogP contribution in [-0.4, -0.2) is 37.4 Å². The van der Waals surface area contributed by atoms with Crippen LogP contribution in [0.15, 0.2) is 24.3 Å². The van der Waals surface area contributed by atoms with Crippen LogP contribution in [0.2, 0.25) is 0 Å². The number of anilines is 1. The fourth-order valence-electron chi connectivity index (χ4n) is 2.60. The summed E-state index contributed by atoms with van der Waals surface area (Å²) in [4.78, 5) is 1.63. The maximum atomic E-state index is 12.1. The molecular formula is C15H22F2N3OS+. The molecule has 2 rings (SSSR count). The van der Waals surface area contributed by atoms with Gasteiger partial charge in [-0.3, -0.25) is 0 Å². The first-order valence-corrected chi connectivity index (χ1v) is 7.93. The molecule has 1 aliphatic heterocycles. The average Bonchev–Trinajstić information content (AvgIpc) is 2.49. The van der Waals surface area contributed by atoms with Gasteiger partial charge in [0.25, 0.3) is 0 Å². The highest BCUT2D eigenvalue weighted by molar-refractivity contribution is 7.80. The van der Waals surface area contributed by atoms with Crippen LogP contribution in [0.4, 0.5) is 14.5 Å². The second-order valence-electron chi connectivity index (χ2n) is 5.38. The number of piperidine rings is 1. The van der Waals surface area contributed by atoms with Gasteiger partial charge in [0.2, 0.25) is 0 Å². The average molecular weight is 330 g/mol. The fourth-order valence-corrected chi connectivity index (χ4v) is 2.88.